The summed E-state index contributed by atoms with van der Waals surface area (Å²) in [6.07, 6.45) is 20.4. The van der Waals surface area contributed by atoms with Crippen molar-refractivity contribution in [1.29, 1.82) is 0 Å². The maximum absolute atomic E-state index is 11.3. The fourth-order valence-electron chi connectivity index (χ4n) is 7.94. The Kier molecular flexibility index (Phi) is 24.4. The molecule has 10 rings (SSSR count). The van der Waals surface area contributed by atoms with Crippen molar-refractivity contribution in [3.05, 3.63) is 128 Å². The number of carbonyl (C=O) groups excluding carboxylic acids is 2. The molecule has 1 unspecified atom stereocenters. The van der Waals surface area contributed by atoms with E-state index >= 15 is 0 Å². The number of hydrogen-bond donors (Lipinski definition) is 2. The van der Waals surface area contributed by atoms with Gasteiger partial charge in [-0.25, -0.2) is 19.7 Å². The van der Waals surface area contributed by atoms with Crippen molar-refractivity contribution in [2.75, 3.05) is 38.3 Å². The summed E-state index contributed by atoms with van der Waals surface area (Å²) in [5.74, 6) is 2.27. The molecule has 4 aliphatic rings. The third-order valence-electron chi connectivity index (χ3n) is 11.3. The number of furan rings is 1. The van der Waals surface area contributed by atoms with Gasteiger partial charge in [-0.2, -0.15) is 0 Å². The normalized spacial score (nSPS) is 13.3. The molecule has 0 bridgehead atoms. The van der Waals surface area contributed by atoms with Crippen LogP contribution in [0.5, 0.6) is 17.5 Å². The van der Waals surface area contributed by atoms with Gasteiger partial charge in [0, 0.05) is 79.0 Å². The molecule has 21 heteroatoms. The summed E-state index contributed by atoms with van der Waals surface area (Å²) < 4.78 is 42.6. The molecule has 2 N–H and O–H groups in total. The first-order chi connectivity index (χ1) is 34.9. The molecular formula is C51H56Cl3MnN6O11-. The van der Waals surface area contributed by atoms with Gasteiger partial charge in [0.05, 0.1) is 50.4 Å². The monoisotopic (exact) mass is 1090 g/mol. The quantitative estimate of drug-likeness (QED) is 0.0360. The van der Waals surface area contributed by atoms with Gasteiger partial charge in [0.1, 0.15) is 17.1 Å². The first-order valence-electron chi connectivity index (χ1n) is 23.4. The summed E-state index contributed by atoms with van der Waals surface area (Å²) in [4.78, 5) is 54.4. The fourth-order valence-corrected chi connectivity index (χ4v) is 7.94. The molecule has 0 fully saturated rings. The second-order valence-corrected chi connectivity index (χ2v) is 18.4. The molecule has 6 aromatic rings. The van der Waals surface area contributed by atoms with Crippen molar-refractivity contribution in [2.45, 2.75) is 96.8 Å². The standard InChI is InChI=1S/C24H31N3O3.C10H9NO3.C8H7NO2.C8H9NO.CCl3.Mn.2O/c28-23(29)15-18(19-14-22-21(26-16-19)11-13-30-22)6-3-1-2-4-8-20-10-9-17-7-5-12-25-24(17)27-20;1-2-13-10(12)7-5-9-8(11-6-7)3-4-14-9;10-5-6-3-7-1-2-11-8(7)9-4-6;1-6-4-7-2-3-10-8(7)9-5-6;2-1(3)4;;;/h9-10,14,16,18H,1-8,11-13,15H2,(H,25,27)(H,28,29);3-6H,2H2,1H3;3-5H,1-2H2;4-5H,2-3H2,1H3;;;;/q;;;;-1;;;. The van der Waals surface area contributed by atoms with E-state index in [4.69, 9.17) is 70.8 Å². The summed E-state index contributed by atoms with van der Waals surface area (Å²) in [5, 5.41) is 12.7. The zero-order valence-electron chi connectivity index (χ0n) is 39.9. The van der Waals surface area contributed by atoms with Crippen molar-refractivity contribution in [3.63, 3.8) is 0 Å². The molecule has 0 aromatic carbocycles. The third kappa shape index (κ3) is 18.9. The zero-order chi connectivity index (χ0) is 51.7. The number of halogens is 3. The van der Waals surface area contributed by atoms with Crippen LogP contribution in [0.2, 0.25) is 0 Å². The number of rotatable bonds is 13. The van der Waals surface area contributed by atoms with Crippen LogP contribution in [0.15, 0.2) is 77.9 Å². The molecule has 0 spiro atoms. The number of anilines is 1. The number of pyridine rings is 5. The van der Waals surface area contributed by atoms with Crippen LogP contribution in [0.1, 0.15) is 118 Å². The molecule has 0 saturated heterocycles. The van der Waals surface area contributed by atoms with E-state index in [2.05, 4.69) is 43.5 Å². The van der Waals surface area contributed by atoms with Crippen LogP contribution < -0.4 is 19.5 Å². The van der Waals surface area contributed by atoms with E-state index in [9.17, 15) is 19.5 Å². The second-order valence-electron chi connectivity index (χ2n) is 16.5. The van der Waals surface area contributed by atoms with Gasteiger partial charge >= 0.3 is 34.4 Å². The Balaban J connectivity index is 0.000000189. The summed E-state index contributed by atoms with van der Waals surface area (Å²) in [6, 6.07) is 13.7. The zero-order valence-corrected chi connectivity index (χ0v) is 43.3. The molecule has 1 atom stereocenters. The first-order valence-corrected chi connectivity index (χ1v) is 25.4. The predicted molar refractivity (Wildman–Crippen MR) is 265 cm³/mol. The Labute approximate surface area is 438 Å². The van der Waals surface area contributed by atoms with Gasteiger partial charge in [0.15, 0.2) is 11.9 Å². The molecule has 17 nitrogen and oxygen atoms in total. The summed E-state index contributed by atoms with van der Waals surface area (Å²) in [5.41, 5.74) is 10.3. The van der Waals surface area contributed by atoms with Gasteiger partial charge in [0.25, 0.3) is 0 Å². The number of aldehydes is 1. The Morgan fingerprint density at radius 1 is 0.847 bits per heavy atom. The van der Waals surface area contributed by atoms with Crippen molar-refractivity contribution in [2.24, 2.45) is 0 Å². The van der Waals surface area contributed by atoms with Gasteiger partial charge < -0.3 is 68.6 Å². The van der Waals surface area contributed by atoms with E-state index < -0.39 is 20.8 Å². The predicted octanol–water partition coefficient (Wildman–Crippen LogP) is 10.6. The number of hydrogen-bond acceptors (Lipinski definition) is 16. The third-order valence-corrected chi connectivity index (χ3v) is 11.3. The summed E-state index contributed by atoms with van der Waals surface area (Å²) in [6.45, 7) is 7.34. The fraction of sp³-hybridized carbons (Fsp3) is 0.392. The number of carboxylic acids is 1. The van der Waals surface area contributed by atoms with Crippen LogP contribution in [0.25, 0.3) is 11.1 Å². The van der Waals surface area contributed by atoms with Crippen LogP contribution in [0.3, 0.4) is 0 Å². The molecule has 6 aromatic heterocycles. The number of fused-ring (bicyclic) bond motifs is 5. The van der Waals surface area contributed by atoms with Gasteiger partial charge in [-0.15, -0.1) is 0 Å². The molecule has 0 aliphatic carbocycles. The SMILES string of the molecule is CCOC(=O)c1cnc2ccoc2c1.Cc1cnc2c(c1)CCO2.Cl[C-](Cl)Cl.O=C(O)CC(CCCCCCc1ccc2c(n1)NCCC2)c1cnc2c(c1)OCC2.O=Cc1cnc2c(c1)CCO2.[O]=[Mn]=[O]. The average molecular weight is 1090 g/mol. The van der Waals surface area contributed by atoms with Crippen molar-refractivity contribution >= 4 is 69.9 Å². The van der Waals surface area contributed by atoms with Crippen LogP contribution in [-0.4, -0.2) is 81.2 Å². The number of aliphatic carboxylic acids is 1. The van der Waals surface area contributed by atoms with Crippen LogP contribution in [0, 0.1) is 11.2 Å². The Morgan fingerprint density at radius 3 is 2.28 bits per heavy atom. The van der Waals surface area contributed by atoms with Crippen molar-refractivity contribution < 1.29 is 65.3 Å². The van der Waals surface area contributed by atoms with E-state index in [0.717, 1.165) is 129 Å². The molecule has 385 valence electrons. The molecule has 4 aliphatic heterocycles. The molecule has 72 heavy (non-hydrogen) atoms. The van der Waals surface area contributed by atoms with Crippen LogP contribution in [-0.2, 0) is 64.1 Å². The van der Waals surface area contributed by atoms with E-state index in [1.54, 1.807) is 19.1 Å². The number of esters is 1. The Morgan fingerprint density at radius 2 is 1.56 bits per heavy atom. The number of unbranched alkanes of at least 4 members (excludes halogenated alkanes) is 3. The summed E-state index contributed by atoms with van der Waals surface area (Å²) >= 11 is 12.7. The second kappa shape index (κ2) is 30.9. The maximum atomic E-state index is 11.3. The Bertz CT molecular complexity index is 2740. The Hall–Kier alpha value is -5.91. The van der Waals surface area contributed by atoms with E-state index in [1.807, 2.05) is 31.5 Å². The molecule has 0 amide bonds. The van der Waals surface area contributed by atoms with E-state index in [-0.39, 0.29) is 22.6 Å². The van der Waals surface area contributed by atoms with Crippen molar-refractivity contribution in [1.82, 2.24) is 24.9 Å². The molecule has 0 saturated carbocycles. The molecular weight excluding hydrogens is 1030 g/mol. The van der Waals surface area contributed by atoms with Crippen molar-refractivity contribution in [3.8, 4) is 17.5 Å². The number of aryl methyl sites for hydroxylation is 3. The molecule has 0 radical (unpaired) electrons. The van der Waals surface area contributed by atoms with E-state index in [0.29, 0.717) is 42.4 Å². The number of ether oxygens (including phenoxy) is 4. The van der Waals surface area contributed by atoms with Gasteiger partial charge in [-0.1, -0.05) is 29.6 Å². The first kappa shape index (κ1) is 57.0. The van der Waals surface area contributed by atoms with Gasteiger partial charge in [-0.05, 0) is 98.9 Å². The number of carbonyl (C=O) groups is 3. The molecule has 10 heterocycles. The van der Waals surface area contributed by atoms with Crippen LogP contribution >= 0.6 is 34.8 Å². The number of aromatic nitrogens is 5. The number of nitrogens with one attached hydrogen (secondary N) is 1. The number of carboxylic acid groups (broad SMARTS) is 1. The topological polar surface area (TPSA) is 232 Å². The van der Waals surface area contributed by atoms with Crippen LogP contribution in [0.4, 0.5) is 5.82 Å². The summed E-state index contributed by atoms with van der Waals surface area (Å²) in [7, 11) is 0. The minimum absolute atomic E-state index is 0.00196. The number of nitrogens with zero attached hydrogens (tertiary/aromatic N) is 5. The van der Waals surface area contributed by atoms with E-state index in [1.165, 1.54) is 41.8 Å². The van der Waals surface area contributed by atoms with Gasteiger partial charge in [0.2, 0.25) is 11.8 Å². The minimum atomic E-state index is -1.44. The van der Waals surface area contributed by atoms with Gasteiger partial charge in [-0.3, -0.25) is 19.6 Å². The average Bonchev–Trinajstić information content (AvgIpc) is 4.23.